The van der Waals surface area contributed by atoms with Crippen LogP contribution < -0.4 is 10.6 Å². The molecule has 2 aliphatic heterocycles. The Morgan fingerprint density at radius 2 is 1.80 bits per heavy atom. The largest absolute Gasteiger partial charge is 0.398 e. The number of benzene rings is 2. The number of amides is 1. The molecule has 0 aromatic heterocycles. The van der Waals surface area contributed by atoms with Gasteiger partial charge in [0.25, 0.3) is 5.91 Å². The van der Waals surface area contributed by atoms with Crippen molar-refractivity contribution in [1.29, 1.82) is 0 Å². The molecule has 0 radical (unpaired) electrons. The summed E-state index contributed by atoms with van der Waals surface area (Å²) in [4.78, 5) is 17.5. The van der Waals surface area contributed by atoms with Crippen LogP contribution in [-0.2, 0) is 13.0 Å². The SMILES string of the molecule is Nc1cccc2c1CCCN2C(=O)c1cccc(CN2CCCC2)c1. The van der Waals surface area contributed by atoms with Crippen molar-refractivity contribution in [3.05, 3.63) is 59.2 Å². The van der Waals surface area contributed by atoms with Crippen LogP contribution in [0.3, 0.4) is 0 Å². The highest BCUT2D eigenvalue weighted by Gasteiger charge is 2.25. The van der Waals surface area contributed by atoms with E-state index in [0.717, 1.165) is 61.5 Å². The first kappa shape index (κ1) is 16.2. The number of likely N-dealkylation sites (tertiary alicyclic amines) is 1. The maximum Gasteiger partial charge on any atom is 0.258 e. The fourth-order valence-corrected chi connectivity index (χ4v) is 4.02. The average Bonchev–Trinajstić information content (AvgIpc) is 3.14. The van der Waals surface area contributed by atoms with Crippen LogP contribution in [0.25, 0.3) is 0 Å². The van der Waals surface area contributed by atoms with Crippen molar-refractivity contribution >= 4 is 17.3 Å². The lowest BCUT2D eigenvalue weighted by molar-refractivity contribution is 0.0985. The third-order valence-electron chi connectivity index (χ3n) is 5.31. The number of nitrogens with two attached hydrogens (primary N) is 1. The molecule has 2 aliphatic rings. The minimum Gasteiger partial charge on any atom is -0.398 e. The average molecular weight is 335 g/mol. The number of carbonyl (C=O) groups is 1. The van der Waals surface area contributed by atoms with Crippen molar-refractivity contribution in [3.63, 3.8) is 0 Å². The number of fused-ring (bicyclic) bond motifs is 1. The van der Waals surface area contributed by atoms with Crippen LogP contribution in [0.4, 0.5) is 11.4 Å². The van der Waals surface area contributed by atoms with Gasteiger partial charge >= 0.3 is 0 Å². The number of hydrogen-bond acceptors (Lipinski definition) is 3. The van der Waals surface area contributed by atoms with E-state index in [1.54, 1.807) is 0 Å². The molecule has 25 heavy (non-hydrogen) atoms. The lowest BCUT2D eigenvalue weighted by Gasteiger charge is -2.30. The maximum absolute atomic E-state index is 13.1. The quantitative estimate of drug-likeness (QED) is 0.874. The summed E-state index contributed by atoms with van der Waals surface area (Å²) in [7, 11) is 0. The molecule has 0 aliphatic carbocycles. The van der Waals surface area contributed by atoms with Crippen LogP contribution in [-0.4, -0.2) is 30.4 Å². The number of nitrogen functional groups attached to an aromatic ring is 1. The predicted molar refractivity (Wildman–Crippen MR) is 102 cm³/mol. The molecule has 2 aromatic rings. The molecule has 0 spiro atoms. The van der Waals surface area contributed by atoms with Crippen molar-refractivity contribution in [3.8, 4) is 0 Å². The van der Waals surface area contributed by atoms with Gasteiger partial charge in [-0.3, -0.25) is 9.69 Å². The summed E-state index contributed by atoms with van der Waals surface area (Å²) in [5, 5.41) is 0. The minimum atomic E-state index is 0.0785. The van der Waals surface area contributed by atoms with Crippen molar-refractivity contribution in [2.75, 3.05) is 30.3 Å². The summed E-state index contributed by atoms with van der Waals surface area (Å²) in [5.41, 5.74) is 11.0. The van der Waals surface area contributed by atoms with Gasteiger partial charge in [0.2, 0.25) is 0 Å². The molecular formula is C21H25N3O. The molecule has 0 unspecified atom stereocenters. The van der Waals surface area contributed by atoms with Gasteiger partial charge in [-0.2, -0.15) is 0 Å². The maximum atomic E-state index is 13.1. The van der Waals surface area contributed by atoms with Gasteiger partial charge < -0.3 is 10.6 Å². The second-order valence-electron chi connectivity index (χ2n) is 7.09. The second kappa shape index (κ2) is 6.89. The number of hydrogen-bond donors (Lipinski definition) is 1. The zero-order valence-corrected chi connectivity index (χ0v) is 14.6. The van der Waals surface area contributed by atoms with Crippen LogP contribution in [0, 0.1) is 0 Å². The van der Waals surface area contributed by atoms with Gasteiger partial charge in [-0.05, 0) is 74.2 Å². The van der Waals surface area contributed by atoms with E-state index < -0.39 is 0 Å². The summed E-state index contributed by atoms with van der Waals surface area (Å²) in [5.74, 6) is 0.0785. The molecule has 2 aromatic carbocycles. The van der Waals surface area contributed by atoms with Crippen molar-refractivity contribution in [2.24, 2.45) is 0 Å². The Morgan fingerprint density at radius 1 is 1.00 bits per heavy atom. The van der Waals surface area contributed by atoms with Gasteiger partial charge in [-0.1, -0.05) is 18.2 Å². The van der Waals surface area contributed by atoms with E-state index in [9.17, 15) is 4.79 Å². The Bertz CT molecular complexity index is 780. The highest BCUT2D eigenvalue weighted by molar-refractivity contribution is 6.07. The first-order valence-electron chi connectivity index (χ1n) is 9.23. The lowest BCUT2D eigenvalue weighted by Crippen LogP contribution is -2.35. The highest BCUT2D eigenvalue weighted by Crippen LogP contribution is 2.32. The summed E-state index contributed by atoms with van der Waals surface area (Å²) in [6, 6.07) is 14.0. The fraction of sp³-hybridized carbons (Fsp3) is 0.381. The van der Waals surface area contributed by atoms with Crippen LogP contribution in [0.2, 0.25) is 0 Å². The number of carbonyl (C=O) groups excluding carboxylic acids is 1. The highest BCUT2D eigenvalue weighted by atomic mass is 16.2. The third-order valence-corrected chi connectivity index (χ3v) is 5.31. The zero-order chi connectivity index (χ0) is 17.2. The molecule has 4 rings (SSSR count). The van der Waals surface area contributed by atoms with E-state index >= 15 is 0 Å². The molecule has 4 heteroatoms. The fourth-order valence-electron chi connectivity index (χ4n) is 4.02. The molecule has 0 bridgehead atoms. The Balaban J connectivity index is 1.58. The monoisotopic (exact) mass is 335 g/mol. The van der Waals surface area contributed by atoms with Crippen LogP contribution >= 0.6 is 0 Å². The van der Waals surface area contributed by atoms with E-state index in [2.05, 4.69) is 17.0 Å². The van der Waals surface area contributed by atoms with Crippen molar-refractivity contribution < 1.29 is 4.79 Å². The number of nitrogens with zero attached hydrogens (tertiary/aromatic N) is 2. The first-order chi connectivity index (χ1) is 12.2. The van der Waals surface area contributed by atoms with Crippen molar-refractivity contribution in [1.82, 2.24) is 4.90 Å². The normalized spacial score (nSPS) is 17.5. The molecule has 1 saturated heterocycles. The molecule has 1 amide bonds. The van der Waals surface area contributed by atoms with E-state index in [-0.39, 0.29) is 5.91 Å². The molecular weight excluding hydrogens is 310 g/mol. The van der Waals surface area contributed by atoms with Crippen LogP contribution in [0.1, 0.15) is 40.7 Å². The number of anilines is 2. The molecule has 0 atom stereocenters. The summed E-state index contributed by atoms with van der Waals surface area (Å²) >= 11 is 0. The minimum absolute atomic E-state index is 0.0785. The lowest BCUT2D eigenvalue weighted by atomic mass is 9.98. The third kappa shape index (κ3) is 3.27. The number of rotatable bonds is 3. The van der Waals surface area contributed by atoms with Gasteiger partial charge in [0.05, 0.1) is 0 Å². The predicted octanol–water partition coefficient (Wildman–Crippen LogP) is 3.46. The Morgan fingerprint density at radius 3 is 2.64 bits per heavy atom. The molecule has 0 saturated carbocycles. The topological polar surface area (TPSA) is 49.6 Å². The Hall–Kier alpha value is -2.33. The zero-order valence-electron chi connectivity index (χ0n) is 14.6. The van der Waals surface area contributed by atoms with Gasteiger partial charge in [-0.25, -0.2) is 0 Å². The Labute approximate surface area is 149 Å². The summed E-state index contributed by atoms with van der Waals surface area (Å²) < 4.78 is 0. The molecule has 2 heterocycles. The van der Waals surface area contributed by atoms with Gasteiger partial charge in [0, 0.05) is 30.0 Å². The molecule has 1 fully saturated rings. The molecule has 4 nitrogen and oxygen atoms in total. The summed E-state index contributed by atoms with van der Waals surface area (Å²) in [6.07, 6.45) is 4.47. The van der Waals surface area contributed by atoms with E-state index in [1.165, 1.54) is 18.4 Å². The van der Waals surface area contributed by atoms with Crippen molar-refractivity contribution in [2.45, 2.75) is 32.2 Å². The van der Waals surface area contributed by atoms with E-state index in [4.69, 9.17) is 5.73 Å². The molecule has 130 valence electrons. The summed E-state index contributed by atoms with van der Waals surface area (Å²) in [6.45, 7) is 4.02. The smallest absolute Gasteiger partial charge is 0.258 e. The van der Waals surface area contributed by atoms with E-state index in [0.29, 0.717) is 0 Å². The Kier molecular flexibility index (Phi) is 4.45. The van der Waals surface area contributed by atoms with Gasteiger partial charge in [0.15, 0.2) is 0 Å². The van der Waals surface area contributed by atoms with Gasteiger partial charge in [-0.15, -0.1) is 0 Å². The van der Waals surface area contributed by atoms with Crippen LogP contribution in [0.15, 0.2) is 42.5 Å². The molecule has 2 N–H and O–H groups in total. The standard InChI is InChI=1S/C21H25N3O/c22-19-9-4-10-20-18(19)8-5-13-24(20)21(25)17-7-3-6-16(14-17)15-23-11-1-2-12-23/h3-4,6-7,9-10,14H,1-2,5,8,11-13,15,22H2. The van der Waals surface area contributed by atoms with Crippen LogP contribution in [0.5, 0.6) is 0 Å². The first-order valence-corrected chi connectivity index (χ1v) is 9.23. The second-order valence-corrected chi connectivity index (χ2v) is 7.09. The van der Waals surface area contributed by atoms with Gasteiger partial charge in [0.1, 0.15) is 0 Å². The van der Waals surface area contributed by atoms with E-state index in [1.807, 2.05) is 35.2 Å².